The van der Waals surface area contributed by atoms with Crippen LogP contribution in [0, 0.1) is 0 Å². The summed E-state index contributed by atoms with van der Waals surface area (Å²) in [6, 6.07) is 28.1. The molecule has 0 unspecified atom stereocenters. The van der Waals surface area contributed by atoms with Crippen molar-refractivity contribution < 1.29 is 45.1 Å². The van der Waals surface area contributed by atoms with E-state index in [2.05, 4.69) is 51.5 Å². The van der Waals surface area contributed by atoms with Gasteiger partial charge in [0.2, 0.25) is 0 Å². The zero-order chi connectivity index (χ0) is 37.7. The lowest BCUT2D eigenvalue weighted by Gasteiger charge is -2.36. The maximum atomic E-state index is 12.9. The summed E-state index contributed by atoms with van der Waals surface area (Å²) >= 11 is 0. The molecule has 0 aliphatic carbocycles. The number of amides is 1. The lowest BCUT2D eigenvalue weighted by molar-refractivity contribution is -0.0517. The molecule has 16 heteroatoms. The quantitative estimate of drug-likeness (QED) is 0.0796. The Hall–Kier alpha value is -4.51. The topological polar surface area (TPSA) is 133 Å². The first kappa shape index (κ1) is 40.3. The number of nitrogens with zero attached hydrogens (tertiary/aromatic N) is 3. The van der Waals surface area contributed by atoms with E-state index in [4.69, 9.17) is 32.2 Å². The van der Waals surface area contributed by atoms with E-state index < -0.39 is 26.5 Å². The predicted octanol–water partition coefficient (Wildman–Crippen LogP) is 5.59. The number of nitrogens with one attached hydrogen (secondary N) is 1. The van der Waals surface area contributed by atoms with Crippen LogP contribution in [0.5, 0.6) is 17.2 Å². The molecule has 0 saturated carbocycles. The van der Waals surface area contributed by atoms with Crippen LogP contribution in [-0.2, 0) is 21.0 Å². The highest BCUT2D eigenvalue weighted by atomic mass is 32.2. The number of hydrogen-bond donors (Lipinski definition) is 1. The molecule has 52 heavy (non-hydrogen) atoms. The molecule has 1 N–H and O–H groups in total. The van der Waals surface area contributed by atoms with Crippen molar-refractivity contribution in [2.45, 2.75) is 33.2 Å². The molecular weight excluding hydrogens is 722 g/mol. The summed E-state index contributed by atoms with van der Waals surface area (Å²) in [6.07, 6.45) is 3.65. The Kier molecular flexibility index (Phi) is 14.6. The van der Waals surface area contributed by atoms with E-state index in [0.717, 1.165) is 83.3 Å². The fourth-order valence-electron chi connectivity index (χ4n) is 5.30. The zero-order valence-electron chi connectivity index (χ0n) is 29.0. The largest absolute Gasteiger partial charge is 0.741 e. The molecule has 0 atom stereocenters. The second-order valence-electron chi connectivity index (χ2n) is 11.4. The Morgan fingerprint density at radius 3 is 1.87 bits per heavy atom. The minimum Gasteiger partial charge on any atom is -0.741 e. The van der Waals surface area contributed by atoms with Crippen molar-refractivity contribution in [3.8, 4) is 17.2 Å². The van der Waals surface area contributed by atoms with E-state index in [-0.39, 0.29) is 5.91 Å². The van der Waals surface area contributed by atoms with Gasteiger partial charge in [0.25, 0.3) is 10.9 Å². The normalized spacial score (nSPS) is 13.6. The van der Waals surface area contributed by atoms with Gasteiger partial charge in [-0.3, -0.25) is 9.69 Å². The van der Waals surface area contributed by atoms with Crippen LogP contribution in [0.1, 0.15) is 23.2 Å². The predicted molar refractivity (Wildman–Crippen MR) is 191 cm³/mol. The highest BCUT2D eigenvalue weighted by Crippen LogP contribution is 2.32. The Morgan fingerprint density at radius 2 is 1.38 bits per heavy atom. The summed E-state index contributed by atoms with van der Waals surface area (Å²) in [6.45, 7) is 5.69. The van der Waals surface area contributed by atoms with Gasteiger partial charge in [0, 0.05) is 45.0 Å². The van der Waals surface area contributed by atoms with Crippen molar-refractivity contribution in [3.05, 3.63) is 96.7 Å². The van der Waals surface area contributed by atoms with Gasteiger partial charge in [0.15, 0.2) is 19.9 Å². The van der Waals surface area contributed by atoms with Crippen molar-refractivity contribution in [1.29, 1.82) is 0 Å². The van der Waals surface area contributed by atoms with E-state index in [1.807, 2.05) is 48.5 Å². The van der Waals surface area contributed by atoms with E-state index in [0.29, 0.717) is 12.1 Å². The van der Waals surface area contributed by atoms with Crippen molar-refractivity contribution >= 4 is 32.6 Å². The van der Waals surface area contributed by atoms with Crippen LogP contribution in [0.15, 0.2) is 106 Å². The molecule has 1 aliphatic heterocycles. The summed E-state index contributed by atoms with van der Waals surface area (Å²) in [4.78, 5) is 24.8. The number of anilines is 1. The van der Waals surface area contributed by atoms with E-state index in [1.54, 1.807) is 27.5 Å². The standard InChI is InChI=1S/C35H40N4O4S.CHF3O3S/c1-41-28-11-15-30(16-12-28)44(31-17-13-29(42-2)14-18-31)34-19-10-27(26-37-34)35(40)36-20-6-7-21-38-22-24-39(25-23-38)32-8-4-5-9-33(32)43-3;2-1(3,4)8(5,6)7/h4-5,8-19,26H,6-7,20-25H2,1-3H3;(H,5,6,7). The van der Waals surface area contributed by atoms with Crippen molar-refractivity contribution in [1.82, 2.24) is 15.2 Å². The van der Waals surface area contributed by atoms with Crippen LogP contribution in [0.4, 0.5) is 18.9 Å². The highest BCUT2D eigenvalue weighted by Gasteiger charge is 2.37. The smallest absolute Gasteiger partial charge is 0.485 e. The zero-order valence-corrected chi connectivity index (χ0v) is 30.6. The van der Waals surface area contributed by atoms with Crippen molar-refractivity contribution in [2.24, 2.45) is 0 Å². The number of carbonyl (C=O) groups is 1. The third kappa shape index (κ3) is 11.2. The van der Waals surface area contributed by atoms with E-state index in [1.165, 1.54) is 0 Å². The second-order valence-corrected chi connectivity index (χ2v) is 14.8. The monoisotopic (exact) mass is 762 g/mol. The van der Waals surface area contributed by atoms with Crippen molar-refractivity contribution in [2.75, 3.05) is 65.5 Å². The SMILES string of the molecule is COc1ccc([S+](c2ccc(OC)cc2)c2ccc(C(=O)NCCCCN3CCN(c4ccccc4OC)CC3)cn2)cc1.O=S(=O)([O-])C(F)(F)F. The number of unbranched alkanes of at least 4 members (excludes halogenated alkanes) is 1. The number of rotatable bonds is 13. The summed E-state index contributed by atoms with van der Waals surface area (Å²) in [7, 11) is -1.49. The van der Waals surface area contributed by atoms with Crippen LogP contribution in [-0.4, -0.2) is 94.9 Å². The van der Waals surface area contributed by atoms with Gasteiger partial charge in [-0.25, -0.2) is 13.4 Å². The van der Waals surface area contributed by atoms with Gasteiger partial charge in [-0.15, -0.1) is 0 Å². The summed E-state index contributed by atoms with van der Waals surface area (Å²) < 4.78 is 75.1. The molecule has 2 heterocycles. The number of carbonyl (C=O) groups excluding carboxylic acids is 1. The molecule has 5 rings (SSSR count). The number of piperazine rings is 1. The Labute approximate surface area is 304 Å². The van der Waals surface area contributed by atoms with Crippen LogP contribution in [0.2, 0.25) is 0 Å². The average Bonchev–Trinajstić information content (AvgIpc) is 3.15. The van der Waals surface area contributed by atoms with Gasteiger partial charge in [0.1, 0.15) is 28.1 Å². The number of hydrogen-bond acceptors (Lipinski definition) is 10. The van der Waals surface area contributed by atoms with Crippen LogP contribution in [0.3, 0.4) is 0 Å². The summed E-state index contributed by atoms with van der Waals surface area (Å²) in [5.74, 6) is 2.44. The minimum atomic E-state index is -6.09. The molecule has 1 saturated heterocycles. The van der Waals surface area contributed by atoms with Gasteiger partial charge in [0.05, 0.1) is 32.6 Å². The Morgan fingerprint density at radius 1 is 0.827 bits per heavy atom. The van der Waals surface area contributed by atoms with Gasteiger partial charge in [-0.2, -0.15) is 13.2 Å². The molecule has 11 nitrogen and oxygen atoms in total. The first-order chi connectivity index (χ1) is 24.8. The summed E-state index contributed by atoms with van der Waals surface area (Å²) in [5.41, 5.74) is -3.92. The van der Waals surface area contributed by atoms with E-state index >= 15 is 0 Å². The molecular formula is C36H41F3N4O7S2. The lowest BCUT2D eigenvalue weighted by atomic mass is 10.2. The number of ether oxygens (including phenoxy) is 3. The second kappa shape index (κ2) is 18.8. The lowest BCUT2D eigenvalue weighted by Crippen LogP contribution is -2.46. The number of pyridine rings is 1. The van der Waals surface area contributed by atoms with Gasteiger partial charge < -0.3 is 29.0 Å². The third-order valence-electron chi connectivity index (χ3n) is 8.07. The molecule has 0 radical (unpaired) electrons. The minimum absolute atomic E-state index is 0.0942. The summed E-state index contributed by atoms with van der Waals surface area (Å²) in [5, 5.41) is 3.96. The number of aromatic nitrogens is 1. The van der Waals surface area contributed by atoms with Gasteiger partial charge in [-0.05, 0) is 86.1 Å². The molecule has 280 valence electrons. The molecule has 3 aromatic carbocycles. The molecule has 1 aromatic heterocycles. The highest BCUT2D eigenvalue weighted by molar-refractivity contribution is 7.97. The Bertz CT molecular complexity index is 1780. The first-order valence-corrected chi connectivity index (χ1v) is 18.9. The molecule has 0 spiro atoms. The molecule has 1 aliphatic rings. The molecule has 1 amide bonds. The van der Waals surface area contributed by atoms with Crippen molar-refractivity contribution in [3.63, 3.8) is 0 Å². The van der Waals surface area contributed by atoms with Crippen LogP contribution in [0.25, 0.3) is 0 Å². The maximum absolute atomic E-state index is 12.9. The number of benzene rings is 3. The fraction of sp³-hybridized carbons (Fsp3) is 0.333. The number of alkyl halides is 3. The average molecular weight is 763 g/mol. The molecule has 1 fully saturated rings. The number of methoxy groups -OCH3 is 3. The van der Waals surface area contributed by atoms with Gasteiger partial charge >= 0.3 is 5.51 Å². The maximum Gasteiger partial charge on any atom is 0.485 e. The third-order valence-corrected chi connectivity index (χ3v) is 10.8. The van der Waals surface area contributed by atoms with E-state index in [9.17, 15) is 18.0 Å². The number of halogens is 3. The fourth-order valence-corrected chi connectivity index (χ4v) is 7.24. The van der Waals surface area contributed by atoms with Crippen LogP contribution >= 0.6 is 0 Å². The number of para-hydroxylation sites is 2. The Balaban J connectivity index is 0.000000677. The van der Waals surface area contributed by atoms with Gasteiger partial charge in [-0.1, -0.05) is 12.1 Å². The first-order valence-electron chi connectivity index (χ1n) is 16.2. The van der Waals surface area contributed by atoms with Crippen LogP contribution < -0.4 is 24.4 Å². The molecule has 0 bridgehead atoms. The molecule has 4 aromatic rings.